The molecule has 1 N–H and O–H groups in total. The third kappa shape index (κ3) is 9.59. The standard InChI is InChI=1S/C21H37N3O3/c1-4-7-8-9-10-11-12-13-20(25)24(15-6-3)16-19-23-18(17-27-19)21(26)22-14-5-2/h17H,4-16H2,1-3H3,(H,22,26). The highest BCUT2D eigenvalue weighted by molar-refractivity contribution is 5.91. The fourth-order valence-corrected chi connectivity index (χ4v) is 2.93. The minimum atomic E-state index is -0.233. The first-order chi connectivity index (χ1) is 13.1. The van der Waals surface area contributed by atoms with Crippen molar-refractivity contribution >= 4 is 11.8 Å². The predicted octanol–water partition coefficient (Wildman–Crippen LogP) is 4.69. The van der Waals surface area contributed by atoms with Gasteiger partial charge in [0.1, 0.15) is 6.26 Å². The maximum atomic E-state index is 12.5. The lowest BCUT2D eigenvalue weighted by atomic mass is 10.1. The van der Waals surface area contributed by atoms with E-state index in [-0.39, 0.29) is 17.5 Å². The Balaban J connectivity index is 2.42. The Hall–Kier alpha value is -1.85. The van der Waals surface area contributed by atoms with Gasteiger partial charge in [0, 0.05) is 19.5 Å². The second kappa shape index (κ2) is 14.2. The summed E-state index contributed by atoms with van der Waals surface area (Å²) in [7, 11) is 0. The fraction of sp³-hybridized carbons (Fsp3) is 0.762. The number of hydrogen-bond acceptors (Lipinski definition) is 4. The van der Waals surface area contributed by atoms with Crippen LogP contribution in [-0.4, -0.2) is 34.8 Å². The van der Waals surface area contributed by atoms with Crippen LogP contribution in [0.25, 0.3) is 0 Å². The Morgan fingerprint density at radius 1 is 1.00 bits per heavy atom. The van der Waals surface area contributed by atoms with Crippen LogP contribution in [0.15, 0.2) is 10.7 Å². The molecule has 2 amide bonds. The van der Waals surface area contributed by atoms with E-state index in [2.05, 4.69) is 17.2 Å². The number of nitrogens with one attached hydrogen (secondary N) is 1. The first kappa shape index (κ1) is 23.2. The van der Waals surface area contributed by atoms with Gasteiger partial charge in [0.05, 0.1) is 6.54 Å². The van der Waals surface area contributed by atoms with Gasteiger partial charge in [-0.2, -0.15) is 0 Å². The normalized spacial score (nSPS) is 10.8. The first-order valence-corrected chi connectivity index (χ1v) is 10.6. The van der Waals surface area contributed by atoms with Gasteiger partial charge in [-0.1, -0.05) is 59.3 Å². The summed E-state index contributed by atoms with van der Waals surface area (Å²) in [5.41, 5.74) is 0.273. The van der Waals surface area contributed by atoms with Gasteiger partial charge in [-0.25, -0.2) is 4.98 Å². The van der Waals surface area contributed by atoms with Gasteiger partial charge in [0.25, 0.3) is 5.91 Å². The van der Waals surface area contributed by atoms with Gasteiger partial charge in [-0.15, -0.1) is 0 Å². The summed E-state index contributed by atoms with van der Waals surface area (Å²) in [5.74, 6) is 0.321. The van der Waals surface area contributed by atoms with E-state index in [1.54, 1.807) is 4.90 Å². The van der Waals surface area contributed by atoms with Crippen molar-refractivity contribution in [3.63, 3.8) is 0 Å². The maximum Gasteiger partial charge on any atom is 0.273 e. The summed E-state index contributed by atoms with van der Waals surface area (Å²) in [6.45, 7) is 7.87. The van der Waals surface area contributed by atoms with E-state index in [4.69, 9.17) is 4.42 Å². The number of nitrogens with zero attached hydrogens (tertiary/aromatic N) is 2. The van der Waals surface area contributed by atoms with Crippen LogP contribution in [-0.2, 0) is 11.3 Å². The molecule has 0 unspecified atom stereocenters. The van der Waals surface area contributed by atoms with Crippen molar-refractivity contribution in [1.82, 2.24) is 15.2 Å². The van der Waals surface area contributed by atoms with E-state index in [1.807, 2.05) is 13.8 Å². The molecule has 1 aromatic heterocycles. The summed E-state index contributed by atoms with van der Waals surface area (Å²) < 4.78 is 5.41. The van der Waals surface area contributed by atoms with E-state index in [0.29, 0.717) is 31.9 Å². The van der Waals surface area contributed by atoms with Crippen LogP contribution in [0.1, 0.15) is 101 Å². The predicted molar refractivity (Wildman–Crippen MR) is 107 cm³/mol. The minimum Gasteiger partial charge on any atom is -0.446 e. The summed E-state index contributed by atoms with van der Waals surface area (Å²) in [4.78, 5) is 30.5. The van der Waals surface area contributed by atoms with E-state index >= 15 is 0 Å². The van der Waals surface area contributed by atoms with Crippen molar-refractivity contribution in [3.05, 3.63) is 17.8 Å². The van der Waals surface area contributed by atoms with Gasteiger partial charge in [0.15, 0.2) is 5.69 Å². The van der Waals surface area contributed by atoms with Crippen LogP contribution in [0.5, 0.6) is 0 Å². The molecule has 6 heteroatoms. The lowest BCUT2D eigenvalue weighted by Crippen LogP contribution is -2.31. The Morgan fingerprint density at radius 2 is 1.70 bits per heavy atom. The molecular weight excluding hydrogens is 342 g/mol. The second-order valence-corrected chi connectivity index (χ2v) is 7.07. The van der Waals surface area contributed by atoms with E-state index < -0.39 is 0 Å². The molecule has 0 aliphatic heterocycles. The molecule has 154 valence electrons. The molecule has 6 nitrogen and oxygen atoms in total. The van der Waals surface area contributed by atoms with Crippen LogP contribution in [0.3, 0.4) is 0 Å². The molecule has 0 aliphatic rings. The summed E-state index contributed by atoms with van der Waals surface area (Å²) >= 11 is 0. The summed E-state index contributed by atoms with van der Waals surface area (Å²) in [6.07, 6.45) is 12.1. The smallest absolute Gasteiger partial charge is 0.273 e. The topological polar surface area (TPSA) is 75.4 Å². The molecule has 0 saturated carbocycles. The van der Waals surface area contributed by atoms with E-state index in [1.165, 1.54) is 38.4 Å². The van der Waals surface area contributed by atoms with Crippen LogP contribution >= 0.6 is 0 Å². The zero-order valence-electron chi connectivity index (χ0n) is 17.4. The van der Waals surface area contributed by atoms with Crippen molar-refractivity contribution in [1.29, 1.82) is 0 Å². The number of rotatable bonds is 15. The van der Waals surface area contributed by atoms with Gasteiger partial charge in [-0.3, -0.25) is 9.59 Å². The van der Waals surface area contributed by atoms with Gasteiger partial charge < -0.3 is 14.6 Å². The highest BCUT2D eigenvalue weighted by Crippen LogP contribution is 2.12. The molecular formula is C21H37N3O3. The minimum absolute atomic E-state index is 0.139. The van der Waals surface area contributed by atoms with Crippen LogP contribution < -0.4 is 5.32 Å². The number of carbonyl (C=O) groups excluding carboxylic acids is 2. The molecule has 27 heavy (non-hydrogen) atoms. The molecule has 1 aromatic rings. The van der Waals surface area contributed by atoms with Gasteiger partial charge >= 0.3 is 0 Å². The SMILES string of the molecule is CCCCCCCCCC(=O)N(CCC)Cc1nc(C(=O)NCCC)co1. The van der Waals surface area contributed by atoms with Crippen LogP contribution in [0.2, 0.25) is 0 Å². The zero-order valence-corrected chi connectivity index (χ0v) is 17.4. The molecule has 0 bridgehead atoms. The van der Waals surface area contributed by atoms with Gasteiger partial charge in [0.2, 0.25) is 11.8 Å². The lowest BCUT2D eigenvalue weighted by Gasteiger charge is -2.20. The average molecular weight is 380 g/mol. The van der Waals surface area contributed by atoms with Gasteiger partial charge in [-0.05, 0) is 19.3 Å². The Bertz CT molecular complexity index is 543. The molecule has 0 aromatic carbocycles. The fourth-order valence-electron chi connectivity index (χ4n) is 2.93. The second-order valence-electron chi connectivity index (χ2n) is 7.07. The van der Waals surface area contributed by atoms with Crippen molar-refractivity contribution in [2.75, 3.05) is 13.1 Å². The van der Waals surface area contributed by atoms with Crippen LogP contribution in [0.4, 0.5) is 0 Å². The highest BCUT2D eigenvalue weighted by atomic mass is 16.3. The molecule has 1 heterocycles. The highest BCUT2D eigenvalue weighted by Gasteiger charge is 2.17. The molecule has 0 saturated heterocycles. The molecule has 0 aliphatic carbocycles. The largest absolute Gasteiger partial charge is 0.446 e. The number of oxazole rings is 1. The monoisotopic (exact) mass is 379 g/mol. The summed E-state index contributed by atoms with van der Waals surface area (Å²) in [5, 5.41) is 2.77. The number of hydrogen-bond donors (Lipinski definition) is 1. The molecule has 0 atom stereocenters. The van der Waals surface area contributed by atoms with Crippen molar-refractivity contribution in [2.24, 2.45) is 0 Å². The zero-order chi connectivity index (χ0) is 19.9. The number of aromatic nitrogens is 1. The number of unbranched alkanes of at least 4 members (excludes halogenated alkanes) is 6. The molecule has 0 spiro atoms. The van der Waals surface area contributed by atoms with Crippen molar-refractivity contribution in [2.45, 2.75) is 91.5 Å². The van der Waals surface area contributed by atoms with E-state index in [9.17, 15) is 9.59 Å². The van der Waals surface area contributed by atoms with Crippen LogP contribution in [0, 0.1) is 0 Å². The Kier molecular flexibility index (Phi) is 12.2. The van der Waals surface area contributed by atoms with Crippen molar-refractivity contribution < 1.29 is 14.0 Å². The number of amides is 2. The Labute approximate surface area is 164 Å². The average Bonchev–Trinajstić information content (AvgIpc) is 3.13. The number of carbonyl (C=O) groups is 2. The van der Waals surface area contributed by atoms with Crippen molar-refractivity contribution in [3.8, 4) is 0 Å². The molecule has 0 radical (unpaired) electrons. The Morgan fingerprint density at radius 3 is 2.37 bits per heavy atom. The van der Waals surface area contributed by atoms with E-state index in [0.717, 1.165) is 25.7 Å². The molecule has 1 rings (SSSR count). The molecule has 0 fully saturated rings. The summed E-state index contributed by atoms with van der Waals surface area (Å²) in [6, 6.07) is 0. The first-order valence-electron chi connectivity index (χ1n) is 10.6. The lowest BCUT2D eigenvalue weighted by molar-refractivity contribution is -0.132. The third-order valence-electron chi connectivity index (χ3n) is 4.49. The quantitative estimate of drug-likeness (QED) is 0.448. The maximum absolute atomic E-state index is 12.5. The third-order valence-corrected chi connectivity index (χ3v) is 4.49.